The highest BCUT2D eigenvalue weighted by atomic mass is 32.1. The standard InChI is InChI=1S/C17H20N2OS/c18-17(21)15-9-10-16(14-4-2-1-3-13(14)15)19-11-5-7-12(20)8-6-11/h1-4,9-12,19-20H,5-8H2,(H2,18,21). The molecule has 2 aromatic carbocycles. The second-order valence-electron chi connectivity index (χ2n) is 5.72. The number of aliphatic hydroxyl groups is 1. The van der Waals surface area contributed by atoms with Gasteiger partial charge >= 0.3 is 0 Å². The molecule has 2 aromatic rings. The van der Waals surface area contributed by atoms with E-state index in [9.17, 15) is 5.11 Å². The van der Waals surface area contributed by atoms with Gasteiger partial charge < -0.3 is 16.2 Å². The molecule has 21 heavy (non-hydrogen) atoms. The van der Waals surface area contributed by atoms with Crippen LogP contribution in [-0.4, -0.2) is 22.2 Å². The molecule has 0 amide bonds. The van der Waals surface area contributed by atoms with Gasteiger partial charge in [0.1, 0.15) is 4.99 Å². The first-order valence-corrected chi connectivity index (χ1v) is 7.82. The number of anilines is 1. The molecule has 3 rings (SSSR count). The average molecular weight is 300 g/mol. The van der Waals surface area contributed by atoms with Gasteiger partial charge in [0, 0.05) is 22.7 Å². The van der Waals surface area contributed by atoms with Gasteiger partial charge in [-0.1, -0.05) is 36.5 Å². The van der Waals surface area contributed by atoms with E-state index in [1.54, 1.807) is 0 Å². The first-order chi connectivity index (χ1) is 10.1. The SMILES string of the molecule is NC(=S)c1ccc(NC2CCC(O)CC2)c2ccccc12. The lowest BCUT2D eigenvalue weighted by atomic mass is 9.92. The Morgan fingerprint density at radius 1 is 1.05 bits per heavy atom. The van der Waals surface area contributed by atoms with Crippen LogP contribution in [0.2, 0.25) is 0 Å². The topological polar surface area (TPSA) is 58.3 Å². The van der Waals surface area contributed by atoms with Crippen molar-refractivity contribution >= 4 is 33.7 Å². The predicted molar refractivity (Wildman–Crippen MR) is 91.7 cm³/mol. The lowest BCUT2D eigenvalue weighted by molar-refractivity contribution is 0.126. The molecule has 0 spiro atoms. The predicted octanol–water partition coefficient (Wildman–Crippen LogP) is 3.19. The average Bonchev–Trinajstić information content (AvgIpc) is 2.49. The molecule has 0 saturated heterocycles. The first-order valence-electron chi connectivity index (χ1n) is 7.41. The van der Waals surface area contributed by atoms with E-state index in [2.05, 4.69) is 23.5 Å². The molecule has 0 heterocycles. The van der Waals surface area contributed by atoms with E-state index >= 15 is 0 Å². The lowest BCUT2D eigenvalue weighted by Gasteiger charge is -2.27. The molecule has 1 fully saturated rings. The van der Waals surface area contributed by atoms with Gasteiger partial charge in [-0.3, -0.25) is 0 Å². The van der Waals surface area contributed by atoms with Crippen molar-refractivity contribution in [2.75, 3.05) is 5.32 Å². The van der Waals surface area contributed by atoms with Gasteiger partial charge in [0.05, 0.1) is 6.10 Å². The molecule has 0 aromatic heterocycles. The van der Waals surface area contributed by atoms with Crippen LogP contribution in [0.25, 0.3) is 10.8 Å². The van der Waals surface area contributed by atoms with Gasteiger partial charge in [0.2, 0.25) is 0 Å². The van der Waals surface area contributed by atoms with Gasteiger partial charge in [-0.05, 0) is 43.2 Å². The fourth-order valence-electron chi connectivity index (χ4n) is 3.08. The van der Waals surface area contributed by atoms with Crippen molar-refractivity contribution in [3.8, 4) is 0 Å². The van der Waals surface area contributed by atoms with Crippen molar-refractivity contribution in [1.82, 2.24) is 0 Å². The van der Waals surface area contributed by atoms with Crippen molar-refractivity contribution < 1.29 is 5.11 Å². The third kappa shape index (κ3) is 3.01. The zero-order chi connectivity index (χ0) is 14.8. The van der Waals surface area contributed by atoms with Crippen molar-refractivity contribution in [1.29, 1.82) is 0 Å². The van der Waals surface area contributed by atoms with E-state index in [4.69, 9.17) is 18.0 Å². The summed E-state index contributed by atoms with van der Waals surface area (Å²) in [7, 11) is 0. The van der Waals surface area contributed by atoms with Gasteiger partial charge in [0.25, 0.3) is 0 Å². The normalized spacial score (nSPS) is 22.1. The Labute approximate surface area is 130 Å². The minimum Gasteiger partial charge on any atom is -0.393 e. The molecule has 3 nitrogen and oxygen atoms in total. The van der Waals surface area contributed by atoms with Crippen LogP contribution in [0.1, 0.15) is 31.2 Å². The number of aliphatic hydroxyl groups excluding tert-OH is 1. The van der Waals surface area contributed by atoms with E-state index in [1.807, 2.05) is 18.2 Å². The number of hydrogen-bond donors (Lipinski definition) is 3. The van der Waals surface area contributed by atoms with Crippen molar-refractivity contribution in [2.24, 2.45) is 5.73 Å². The summed E-state index contributed by atoms with van der Waals surface area (Å²) in [5, 5.41) is 15.5. The summed E-state index contributed by atoms with van der Waals surface area (Å²) in [4.78, 5) is 0.429. The summed E-state index contributed by atoms with van der Waals surface area (Å²) >= 11 is 5.14. The first kappa shape index (κ1) is 14.3. The van der Waals surface area contributed by atoms with Gasteiger partial charge in [-0.15, -0.1) is 0 Å². The minimum atomic E-state index is -0.128. The number of nitrogens with two attached hydrogens (primary N) is 1. The Bertz CT molecular complexity index is 663. The maximum atomic E-state index is 9.61. The summed E-state index contributed by atoms with van der Waals surface area (Å²) in [5.41, 5.74) is 7.85. The van der Waals surface area contributed by atoms with Gasteiger partial charge in [-0.25, -0.2) is 0 Å². The summed E-state index contributed by atoms with van der Waals surface area (Å²) in [6, 6.07) is 12.7. The van der Waals surface area contributed by atoms with Crippen molar-refractivity contribution in [3.05, 3.63) is 42.0 Å². The molecule has 1 aliphatic carbocycles. The summed E-state index contributed by atoms with van der Waals surface area (Å²) in [6.07, 6.45) is 3.64. The second kappa shape index (κ2) is 6.00. The third-order valence-corrected chi connectivity index (χ3v) is 4.47. The van der Waals surface area contributed by atoms with Crippen molar-refractivity contribution in [3.63, 3.8) is 0 Å². The van der Waals surface area contributed by atoms with E-state index in [-0.39, 0.29) is 6.10 Å². The smallest absolute Gasteiger partial charge is 0.104 e. The summed E-state index contributed by atoms with van der Waals surface area (Å²) in [5.74, 6) is 0. The second-order valence-corrected chi connectivity index (χ2v) is 6.16. The summed E-state index contributed by atoms with van der Waals surface area (Å²) < 4.78 is 0. The zero-order valence-corrected chi connectivity index (χ0v) is 12.7. The highest BCUT2D eigenvalue weighted by molar-refractivity contribution is 7.80. The minimum absolute atomic E-state index is 0.128. The van der Waals surface area contributed by atoms with Crippen LogP contribution in [0.15, 0.2) is 36.4 Å². The number of nitrogens with one attached hydrogen (secondary N) is 1. The molecular weight excluding hydrogens is 280 g/mol. The van der Waals surface area contributed by atoms with Crippen LogP contribution >= 0.6 is 12.2 Å². The monoisotopic (exact) mass is 300 g/mol. The Kier molecular flexibility index (Phi) is 4.08. The molecule has 4 N–H and O–H groups in total. The zero-order valence-electron chi connectivity index (χ0n) is 11.9. The Morgan fingerprint density at radius 3 is 2.38 bits per heavy atom. The highest BCUT2D eigenvalue weighted by Crippen LogP contribution is 2.29. The number of benzene rings is 2. The van der Waals surface area contributed by atoms with Crippen molar-refractivity contribution in [2.45, 2.75) is 37.8 Å². The van der Waals surface area contributed by atoms with E-state index in [1.165, 1.54) is 0 Å². The quantitative estimate of drug-likeness (QED) is 0.762. The third-order valence-electron chi connectivity index (χ3n) is 4.25. The highest BCUT2D eigenvalue weighted by Gasteiger charge is 2.19. The van der Waals surface area contributed by atoms with Gasteiger partial charge in [-0.2, -0.15) is 0 Å². The molecule has 4 heteroatoms. The van der Waals surface area contributed by atoms with E-state index in [0.717, 1.165) is 47.7 Å². The number of rotatable bonds is 3. The Hall–Kier alpha value is -1.65. The fraction of sp³-hybridized carbons (Fsp3) is 0.353. The molecule has 0 radical (unpaired) electrons. The van der Waals surface area contributed by atoms with Crippen LogP contribution in [0.4, 0.5) is 5.69 Å². The molecule has 0 unspecified atom stereocenters. The summed E-state index contributed by atoms with van der Waals surface area (Å²) in [6.45, 7) is 0. The van der Waals surface area contributed by atoms with Crippen LogP contribution < -0.4 is 11.1 Å². The van der Waals surface area contributed by atoms with Crippen LogP contribution in [0, 0.1) is 0 Å². The molecule has 0 atom stereocenters. The molecule has 110 valence electrons. The fourth-order valence-corrected chi connectivity index (χ4v) is 3.26. The number of fused-ring (bicyclic) bond motifs is 1. The van der Waals surface area contributed by atoms with Gasteiger partial charge in [0.15, 0.2) is 0 Å². The molecular formula is C17H20N2OS. The molecule has 1 saturated carbocycles. The molecule has 0 aliphatic heterocycles. The van der Waals surface area contributed by atoms with Crippen LogP contribution in [0.5, 0.6) is 0 Å². The number of thiocarbonyl (C=S) groups is 1. The van der Waals surface area contributed by atoms with E-state index in [0.29, 0.717) is 11.0 Å². The Morgan fingerprint density at radius 2 is 1.71 bits per heavy atom. The lowest BCUT2D eigenvalue weighted by Crippen LogP contribution is -2.28. The maximum Gasteiger partial charge on any atom is 0.104 e. The van der Waals surface area contributed by atoms with Crippen LogP contribution in [0.3, 0.4) is 0 Å². The van der Waals surface area contributed by atoms with Crippen LogP contribution in [-0.2, 0) is 0 Å². The maximum absolute atomic E-state index is 9.61. The number of hydrogen-bond acceptors (Lipinski definition) is 3. The largest absolute Gasteiger partial charge is 0.393 e. The Balaban J connectivity index is 1.93. The van der Waals surface area contributed by atoms with E-state index < -0.39 is 0 Å². The molecule has 1 aliphatic rings. The molecule has 0 bridgehead atoms.